The van der Waals surface area contributed by atoms with Crippen molar-refractivity contribution in [2.75, 3.05) is 52.6 Å². The number of hydrogen-bond donors (Lipinski definition) is 0. The SMILES string of the molecule is O=C([C@H]1CC[C@@H]2[C@@H](CCN2CC2CCOCC2)O1)N1CCOCC1. The van der Waals surface area contributed by atoms with Gasteiger partial charge in [0.25, 0.3) is 5.91 Å². The summed E-state index contributed by atoms with van der Waals surface area (Å²) >= 11 is 0. The maximum absolute atomic E-state index is 12.7. The van der Waals surface area contributed by atoms with Gasteiger partial charge >= 0.3 is 0 Å². The van der Waals surface area contributed by atoms with Gasteiger partial charge < -0.3 is 19.1 Å². The van der Waals surface area contributed by atoms with E-state index in [0.29, 0.717) is 32.3 Å². The molecule has 4 saturated heterocycles. The first-order valence-corrected chi connectivity index (χ1v) is 9.65. The van der Waals surface area contributed by atoms with Crippen LogP contribution in [0.1, 0.15) is 32.1 Å². The molecule has 0 aliphatic carbocycles. The standard InChI is InChI=1S/C18H30N2O4/c21-18(19-7-11-23-12-8-19)17-2-1-15-16(24-17)3-6-20(15)13-14-4-9-22-10-5-14/h14-17H,1-13H2/t15-,16-,17-/m1/s1. The quantitative estimate of drug-likeness (QED) is 0.765. The molecule has 0 radical (unpaired) electrons. The molecular formula is C18H30N2O4. The van der Waals surface area contributed by atoms with Gasteiger partial charge in [-0.15, -0.1) is 0 Å². The van der Waals surface area contributed by atoms with Crippen LogP contribution in [0.4, 0.5) is 0 Å². The van der Waals surface area contributed by atoms with Crippen molar-refractivity contribution in [3.63, 3.8) is 0 Å². The zero-order chi connectivity index (χ0) is 16.4. The summed E-state index contributed by atoms with van der Waals surface area (Å²) in [7, 11) is 0. The number of morpholine rings is 1. The highest BCUT2D eigenvalue weighted by Gasteiger charge is 2.43. The molecule has 6 heteroatoms. The van der Waals surface area contributed by atoms with E-state index in [4.69, 9.17) is 14.2 Å². The van der Waals surface area contributed by atoms with Gasteiger partial charge in [0, 0.05) is 45.4 Å². The summed E-state index contributed by atoms with van der Waals surface area (Å²) in [6, 6.07) is 0.515. The molecule has 3 atom stereocenters. The number of carbonyl (C=O) groups excluding carboxylic acids is 1. The molecule has 0 N–H and O–H groups in total. The van der Waals surface area contributed by atoms with E-state index in [1.54, 1.807) is 0 Å². The predicted octanol–water partition coefficient (Wildman–Crippen LogP) is 0.894. The van der Waals surface area contributed by atoms with Gasteiger partial charge in [0.05, 0.1) is 19.3 Å². The average Bonchev–Trinajstić information content (AvgIpc) is 3.05. The Hall–Kier alpha value is -0.690. The third kappa shape index (κ3) is 3.62. The lowest BCUT2D eigenvalue weighted by molar-refractivity contribution is -0.158. The molecule has 0 bridgehead atoms. The molecule has 6 nitrogen and oxygen atoms in total. The Morgan fingerprint density at radius 1 is 0.875 bits per heavy atom. The number of carbonyl (C=O) groups is 1. The normalized spacial score (nSPS) is 35.8. The minimum absolute atomic E-state index is 0.180. The summed E-state index contributed by atoms with van der Waals surface area (Å²) in [5, 5.41) is 0. The van der Waals surface area contributed by atoms with Gasteiger partial charge in [0.1, 0.15) is 6.10 Å². The number of rotatable bonds is 3. The van der Waals surface area contributed by atoms with Crippen molar-refractivity contribution in [1.29, 1.82) is 0 Å². The molecule has 4 aliphatic rings. The topological polar surface area (TPSA) is 51.2 Å². The number of fused-ring (bicyclic) bond motifs is 1. The highest BCUT2D eigenvalue weighted by molar-refractivity contribution is 5.81. The van der Waals surface area contributed by atoms with Gasteiger partial charge in [0.15, 0.2) is 0 Å². The van der Waals surface area contributed by atoms with E-state index >= 15 is 0 Å². The molecule has 0 spiro atoms. The van der Waals surface area contributed by atoms with E-state index in [0.717, 1.165) is 44.9 Å². The molecule has 4 fully saturated rings. The van der Waals surface area contributed by atoms with Crippen molar-refractivity contribution in [3.8, 4) is 0 Å². The lowest BCUT2D eigenvalue weighted by atomic mass is 9.96. The number of ether oxygens (including phenoxy) is 3. The molecule has 24 heavy (non-hydrogen) atoms. The van der Waals surface area contributed by atoms with Crippen molar-refractivity contribution in [2.45, 2.75) is 50.4 Å². The summed E-state index contributed by atoms with van der Waals surface area (Å²) in [6.07, 6.45) is 5.41. The molecule has 4 rings (SSSR count). The molecule has 136 valence electrons. The van der Waals surface area contributed by atoms with Gasteiger partial charge in [-0.1, -0.05) is 0 Å². The Kier molecular flexibility index (Phi) is 5.37. The van der Waals surface area contributed by atoms with Crippen LogP contribution in [0.3, 0.4) is 0 Å². The van der Waals surface area contributed by atoms with Crippen LogP contribution in [0.25, 0.3) is 0 Å². The van der Waals surface area contributed by atoms with Crippen LogP contribution in [-0.4, -0.2) is 86.6 Å². The maximum Gasteiger partial charge on any atom is 0.251 e. The van der Waals surface area contributed by atoms with Crippen LogP contribution in [-0.2, 0) is 19.0 Å². The second kappa shape index (κ2) is 7.68. The van der Waals surface area contributed by atoms with Gasteiger partial charge in [-0.05, 0) is 38.0 Å². The fourth-order valence-electron chi connectivity index (χ4n) is 4.67. The minimum atomic E-state index is -0.229. The Morgan fingerprint density at radius 2 is 1.62 bits per heavy atom. The van der Waals surface area contributed by atoms with Gasteiger partial charge in [-0.3, -0.25) is 9.69 Å². The Labute approximate surface area is 144 Å². The third-order valence-electron chi connectivity index (χ3n) is 6.09. The first kappa shape index (κ1) is 16.8. The predicted molar refractivity (Wildman–Crippen MR) is 88.8 cm³/mol. The van der Waals surface area contributed by atoms with Crippen molar-refractivity contribution < 1.29 is 19.0 Å². The van der Waals surface area contributed by atoms with Crippen molar-refractivity contribution in [2.24, 2.45) is 5.92 Å². The highest BCUT2D eigenvalue weighted by Crippen LogP contribution is 2.33. The fraction of sp³-hybridized carbons (Fsp3) is 0.944. The van der Waals surface area contributed by atoms with Crippen molar-refractivity contribution >= 4 is 5.91 Å². The first-order chi connectivity index (χ1) is 11.8. The molecule has 4 heterocycles. The smallest absolute Gasteiger partial charge is 0.251 e. The number of hydrogen-bond acceptors (Lipinski definition) is 5. The first-order valence-electron chi connectivity index (χ1n) is 9.65. The van der Waals surface area contributed by atoms with E-state index < -0.39 is 0 Å². The maximum atomic E-state index is 12.7. The Bertz CT molecular complexity index is 435. The molecule has 0 aromatic rings. The molecule has 0 saturated carbocycles. The van der Waals surface area contributed by atoms with Crippen LogP contribution in [0.15, 0.2) is 0 Å². The monoisotopic (exact) mass is 338 g/mol. The minimum Gasteiger partial charge on any atom is -0.381 e. The average molecular weight is 338 g/mol. The fourth-order valence-corrected chi connectivity index (χ4v) is 4.67. The van der Waals surface area contributed by atoms with Crippen LogP contribution in [0.2, 0.25) is 0 Å². The zero-order valence-corrected chi connectivity index (χ0v) is 14.5. The molecular weight excluding hydrogens is 308 g/mol. The van der Waals surface area contributed by atoms with E-state index in [-0.39, 0.29) is 18.1 Å². The Balaban J connectivity index is 1.29. The lowest BCUT2D eigenvalue weighted by Gasteiger charge is -2.39. The number of nitrogens with zero attached hydrogens (tertiary/aromatic N) is 2. The van der Waals surface area contributed by atoms with Crippen LogP contribution < -0.4 is 0 Å². The van der Waals surface area contributed by atoms with Gasteiger partial charge in [-0.2, -0.15) is 0 Å². The summed E-state index contributed by atoms with van der Waals surface area (Å²) in [5.74, 6) is 0.949. The summed E-state index contributed by atoms with van der Waals surface area (Å²) in [6.45, 7) is 6.86. The Morgan fingerprint density at radius 3 is 2.42 bits per heavy atom. The largest absolute Gasteiger partial charge is 0.381 e. The van der Waals surface area contributed by atoms with Crippen molar-refractivity contribution in [3.05, 3.63) is 0 Å². The van der Waals surface area contributed by atoms with Gasteiger partial charge in [0.2, 0.25) is 0 Å². The molecule has 0 unspecified atom stereocenters. The summed E-state index contributed by atoms with van der Waals surface area (Å²) in [4.78, 5) is 17.2. The molecule has 4 aliphatic heterocycles. The summed E-state index contributed by atoms with van der Waals surface area (Å²) in [5.41, 5.74) is 0. The van der Waals surface area contributed by atoms with E-state index in [2.05, 4.69) is 4.90 Å². The molecule has 0 aromatic heterocycles. The summed E-state index contributed by atoms with van der Waals surface area (Å²) < 4.78 is 17.1. The third-order valence-corrected chi connectivity index (χ3v) is 6.09. The zero-order valence-electron chi connectivity index (χ0n) is 14.5. The second-order valence-corrected chi connectivity index (χ2v) is 7.58. The van der Waals surface area contributed by atoms with Gasteiger partial charge in [-0.25, -0.2) is 0 Å². The van der Waals surface area contributed by atoms with E-state index in [1.165, 1.54) is 19.4 Å². The van der Waals surface area contributed by atoms with E-state index in [1.807, 2.05) is 4.90 Å². The van der Waals surface area contributed by atoms with Crippen molar-refractivity contribution in [1.82, 2.24) is 9.80 Å². The number of likely N-dealkylation sites (tertiary alicyclic amines) is 1. The molecule has 1 amide bonds. The highest BCUT2D eigenvalue weighted by atomic mass is 16.5. The van der Waals surface area contributed by atoms with E-state index in [9.17, 15) is 4.79 Å². The lowest BCUT2D eigenvalue weighted by Crippen LogP contribution is -2.51. The second-order valence-electron chi connectivity index (χ2n) is 7.58. The van der Waals surface area contributed by atoms with Crippen LogP contribution >= 0.6 is 0 Å². The van der Waals surface area contributed by atoms with Crippen LogP contribution in [0.5, 0.6) is 0 Å². The number of amides is 1. The molecule has 0 aromatic carbocycles. The van der Waals surface area contributed by atoms with Crippen LogP contribution in [0, 0.1) is 5.92 Å².